The average Bonchev–Trinajstić information content (AvgIpc) is 2.53. The first-order valence-electron chi connectivity index (χ1n) is 4.10. The number of anilines is 1. The first-order valence-corrected chi connectivity index (χ1v) is 4.98. The summed E-state index contributed by atoms with van der Waals surface area (Å²) in [6.07, 6.45) is 0. The molecule has 3 N–H and O–H groups in total. The van der Waals surface area contributed by atoms with Crippen molar-refractivity contribution in [1.82, 2.24) is 0 Å². The van der Waals surface area contributed by atoms with Crippen molar-refractivity contribution in [2.24, 2.45) is 0 Å². The van der Waals surface area contributed by atoms with E-state index in [0.29, 0.717) is 5.69 Å². The first kappa shape index (κ1) is 8.53. The molecular weight excluding hydrogens is 182 g/mol. The minimum Gasteiger partial charge on any atom is -0.398 e. The lowest BCUT2D eigenvalue weighted by Gasteiger charge is -2.07. The normalized spacial score (nSPS) is 10.9. The van der Waals surface area contributed by atoms with Gasteiger partial charge in [-0.1, -0.05) is 0 Å². The zero-order chi connectivity index (χ0) is 9.42. The molecule has 1 aromatic heterocycles. The Morgan fingerprint density at radius 1 is 1.54 bits per heavy atom. The molecule has 13 heavy (non-hydrogen) atoms. The fourth-order valence-electron chi connectivity index (χ4n) is 1.56. The zero-order valence-electron chi connectivity index (χ0n) is 7.37. The molecular formula is C10H11NOS. The molecule has 0 amide bonds. The highest BCUT2D eigenvalue weighted by molar-refractivity contribution is 7.17. The molecule has 0 unspecified atom stereocenters. The molecule has 0 aliphatic carbocycles. The molecule has 0 saturated heterocycles. The summed E-state index contributed by atoms with van der Waals surface area (Å²) < 4.78 is 1.22. The summed E-state index contributed by atoms with van der Waals surface area (Å²) in [5, 5.41) is 12.3. The number of benzene rings is 1. The van der Waals surface area contributed by atoms with Crippen LogP contribution >= 0.6 is 11.3 Å². The number of rotatable bonds is 1. The Balaban J connectivity index is 2.85. The summed E-state index contributed by atoms with van der Waals surface area (Å²) in [6, 6.07) is 3.97. The second-order valence-electron chi connectivity index (χ2n) is 3.07. The Hall–Kier alpha value is -1.06. The highest BCUT2D eigenvalue weighted by Gasteiger charge is 2.07. The maximum atomic E-state index is 9.12. The SMILES string of the molecule is Cc1c(CO)c(N)cc2ccsc12. The zero-order valence-corrected chi connectivity index (χ0v) is 8.19. The number of aryl methyl sites for hydroxylation is 1. The van der Waals surface area contributed by atoms with E-state index in [1.165, 1.54) is 4.70 Å². The average molecular weight is 193 g/mol. The molecule has 2 rings (SSSR count). The van der Waals surface area contributed by atoms with E-state index in [2.05, 4.69) is 0 Å². The third kappa shape index (κ3) is 1.20. The van der Waals surface area contributed by atoms with Crippen LogP contribution in [0, 0.1) is 6.92 Å². The standard InChI is InChI=1S/C10H11NOS/c1-6-8(5-12)9(11)4-7-2-3-13-10(6)7/h2-4,12H,5,11H2,1H3. The molecule has 2 aromatic rings. The lowest BCUT2D eigenvalue weighted by Crippen LogP contribution is -1.96. The Kier molecular flexibility index (Phi) is 1.98. The van der Waals surface area contributed by atoms with Crippen molar-refractivity contribution in [3.63, 3.8) is 0 Å². The molecule has 0 bridgehead atoms. The Labute approximate surface area is 80.6 Å². The predicted molar refractivity (Wildman–Crippen MR) is 56.9 cm³/mol. The number of nitrogens with two attached hydrogens (primary N) is 1. The van der Waals surface area contributed by atoms with Crippen molar-refractivity contribution < 1.29 is 5.11 Å². The van der Waals surface area contributed by atoms with Crippen molar-refractivity contribution in [2.45, 2.75) is 13.5 Å². The predicted octanol–water partition coefficient (Wildman–Crippen LogP) is 2.28. The van der Waals surface area contributed by atoms with Crippen molar-refractivity contribution in [3.05, 3.63) is 28.6 Å². The maximum Gasteiger partial charge on any atom is 0.0705 e. The molecule has 0 aliphatic heterocycles. The molecule has 0 atom stereocenters. The molecule has 0 spiro atoms. The number of fused-ring (bicyclic) bond motifs is 1. The van der Waals surface area contributed by atoms with Gasteiger partial charge in [0.2, 0.25) is 0 Å². The van der Waals surface area contributed by atoms with Crippen LogP contribution in [0.1, 0.15) is 11.1 Å². The van der Waals surface area contributed by atoms with Gasteiger partial charge in [0.15, 0.2) is 0 Å². The number of nitrogen functional groups attached to an aromatic ring is 1. The van der Waals surface area contributed by atoms with Gasteiger partial charge in [0.05, 0.1) is 6.61 Å². The largest absolute Gasteiger partial charge is 0.398 e. The fourth-order valence-corrected chi connectivity index (χ4v) is 2.47. The van der Waals surface area contributed by atoms with Crippen LogP contribution in [0.2, 0.25) is 0 Å². The van der Waals surface area contributed by atoms with Gasteiger partial charge in [0.1, 0.15) is 0 Å². The lowest BCUT2D eigenvalue weighted by atomic mass is 10.1. The van der Waals surface area contributed by atoms with Gasteiger partial charge >= 0.3 is 0 Å². The van der Waals surface area contributed by atoms with E-state index in [-0.39, 0.29) is 6.61 Å². The van der Waals surface area contributed by atoms with E-state index in [4.69, 9.17) is 10.8 Å². The molecule has 0 fully saturated rings. The van der Waals surface area contributed by atoms with E-state index in [9.17, 15) is 0 Å². The van der Waals surface area contributed by atoms with Crippen molar-refractivity contribution in [2.75, 3.05) is 5.73 Å². The van der Waals surface area contributed by atoms with Gasteiger partial charge < -0.3 is 10.8 Å². The van der Waals surface area contributed by atoms with Crippen LogP contribution in [-0.2, 0) is 6.61 Å². The van der Waals surface area contributed by atoms with Crippen LogP contribution in [0.3, 0.4) is 0 Å². The minimum absolute atomic E-state index is 0.0194. The lowest BCUT2D eigenvalue weighted by molar-refractivity contribution is 0.282. The quantitative estimate of drug-likeness (QED) is 0.682. The Bertz CT molecular complexity index is 447. The van der Waals surface area contributed by atoms with E-state index in [1.807, 2.05) is 24.4 Å². The third-order valence-corrected chi connectivity index (χ3v) is 3.36. The van der Waals surface area contributed by atoms with Crippen LogP contribution in [0.5, 0.6) is 0 Å². The summed E-state index contributed by atoms with van der Waals surface area (Å²) in [4.78, 5) is 0. The number of aliphatic hydroxyl groups excluding tert-OH is 1. The number of aliphatic hydroxyl groups is 1. The van der Waals surface area contributed by atoms with Gasteiger partial charge in [-0.2, -0.15) is 0 Å². The van der Waals surface area contributed by atoms with Gasteiger partial charge in [0.25, 0.3) is 0 Å². The van der Waals surface area contributed by atoms with Crippen LogP contribution in [0.25, 0.3) is 10.1 Å². The number of thiophene rings is 1. The van der Waals surface area contributed by atoms with Gasteiger partial charge in [-0.25, -0.2) is 0 Å². The van der Waals surface area contributed by atoms with Crippen LogP contribution < -0.4 is 5.73 Å². The number of hydrogen-bond donors (Lipinski definition) is 2. The minimum atomic E-state index is 0.0194. The van der Waals surface area contributed by atoms with Gasteiger partial charge in [-0.3, -0.25) is 0 Å². The fraction of sp³-hybridized carbons (Fsp3) is 0.200. The summed E-state index contributed by atoms with van der Waals surface area (Å²) in [7, 11) is 0. The summed E-state index contributed by atoms with van der Waals surface area (Å²) in [6.45, 7) is 2.02. The van der Waals surface area contributed by atoms with E-state index in [1.54, 1.807) is 11.3 Å². The highest BCUT2D eigenvalue weighted by Crippen LogP contribution is 2.30. The van der Waals surface area contributed by atoms with Crippen molar-refractivity contribution in [3.8, 4) is 0 Å². The summed E-state index contributed by atoms with van der Waals surface area (Å²) in [5.41, 5.74) is 8.45. The molecule has 0 radical (unpaired) electrons. The van der Waals surface area contributed by atoms with Crippen LogP contribution in [0.15, 0.2) is 17.5 Å². The molecule has 3 heteroatoms. The molecule has 2 nitrogen and oxygen atoms in total. The Morgan fingerprint density at radius 3 is 3.00 bits per heavy atom. The monoisotopic (exact) mass is 193 g/mol. The molecule has 1 heterocycles. The topological polar surface area (TPSA) is 46.2 Å². The van der Waals surface area contributed by atoms with Gasteiger partial charge in [0, 0.05) is 16.0 Å². The van der Waals surface area contributed by atoms with Crippen LogP contribution in [-0.4, -0.2) is 5.11 Å². The van der Waals surface area contributed by atoms with Crippen molar-refractivity contribution >= 4 is 27.1 Å². The van der Waals surface area contributed by atoms with E-state index >= 15 is 0 Å². The van der Waals surface area contributed by atoms with Crippen molar-refractivity contribution in [1.29, 1.82) is 0 Å². The van der Waals surface area contributed by atoms with Crippen LogP contribution in [0.4, 0.5) is 5.69 Å². The molecule has 0 saturated carbocycles. The molecule has 1 aromatic carbocycles. The highest BCUT2D eigenvalue weighted by atomic mass is 32.1. The third-order valence-electron chi connectivity index (χ3n) is 2.31. The summed E-state index contributed by atoms with van der Waals surface area (Å²) in [5.74, 6) is 0. The Morgan fingerprint density at radius 2 is 2.31 bits per heavy atom. The maximum absolute atomic E-state index is 9.12. The second kappa shape index (κ2) is 3.01. The first-order chi connectivity index (χ1) is 6.24. The molecule has 0 aliphatic rings. The van der Waals surface area contributed by atoms with E-state index in [0.717, 1.165) is 16.5 Å². The number of hydrogen-bond acceptors (Lipinski definition) is 3. The smallest absolute Gasteiger partial charge is 0.0705 e. The molecule has 68 valence electrons. The van der Waals surface area contributed by atoms with Gasteiger partial charge in [-0.15, -0.1) is 11.3 Å². The van der Waals surface area contributed by atoms with E-state index < -0.39 is 0 Å². The second-order valence-corrected chi connectivity index (χ2v) is 3.98. The van der Waals surface area contributed by atoms with Gasteiger partial charge in [-0.05, 0) is 35.4 Å². The summed E-state index contributed by atoms with van der Waals surface area (Å²) >= 11 is 1.69.